The Labute approximate surface area is 108 Å². The highest BCUT2D eigenvalue weighted by molar-refractivity contribution is 5.49. The largest absolute Gasteiger partial charge is 0.493 e. The first-order valence-electron chi connectivity index (χ1n) is 5.19. The summed E-state index contributed by atoms with van der Waals surface area (Å²) in [7, 11) is 1.42. The number of nitrogen functional groups attached to an aromatic ring is 1. The summed E-state index contributed by atoms with van der Waals surface area (Å²) in [5.41, 5.74) is 5.37. The molecule has 98 valence electrons. The normalized spacial score (nSPS) is 9.95. The zero-order valence-corrected chi connectivity index (χ0v) is 9.94. The maximum Gasteiger partial charge on any atom is 0.324 e. The number of nitrogens with zero attached hydrogens (tertiary/aromatic N) is 3. The molecule has 0 bridgehead atoms. The minimum Gasteiger partial charge on any atom is -0.493 e. The first-order chi connectivity index (χ1) is 9.10. The topological polar surface area (TPSA) is 113 Å². The number of nitro benzene ring substituents is 1. The van der Waals surface area contributed by atoms with Gasteiger partial charge in [-0.05, 0) is 12.1 Å². The number of hydrogen-bond donors (Lipinski definition) is 1. The Morgan fingerprint density at radius 3 is 2.74 bits per heavy atom. The molecule has 0 radical (unpaired) electrons. The van der Waals surface area contributed by atoms with Crippen molar-refractivity contribution in [3.8, 4) is 17.5 Å². The molecule has 1 aromatic heterocycles. The van der Waals surface area contributed by atoms with Crippen molar-refractivity contribution in [3.63, 3.8) is 0 Å². The van der Waals surface area contributed by atoms with Gasteiger partial charge in [0.1, 0.15) is 5.82 Å². The van der Waals surface area contributed by atoms with Gasteiger partial charge in [0, 0.05) is 12.3 Å². The first kappa shape index (κ1) is 12.6. The van der Waals surface area contributed by atoms with Crippen LogP contribution in [-0.4, -0.2) is 22.0 Å². The summed E-state index contributed by atoms with van der Waals surface area (Å²) in [4.78, 5) is 17.9. The van der Waals surface area contributed by atoms with Gasteiger partial charge < -0.3 is 15.2 Å². The molecule has 0 unspecified atom stereocenters. The Morgan fingerprint density at radius 1 is 1.32 bits per heavy atom. The summed E-state index contributed by atoms with van der Waals surface area (Å²) < 4.78 is 10.4. The lowest BCUT2D eigenvalue weighted by Gasteiger charge is -2.08. The van der Waals surface area contributed by atoms with Gasteiger partial charge in [-0.25, -0.2) is 4.98 Å². The van der Waals surface area contributed by atoms with Gasteiger partial charge in [0.25, 0.3) is 5.69 Å². The highest BCUT2D eigenvalue weighted by Gasteiger charge is 2.14. The van der Waals surface area contributed by atoms with Crippen molar-refractivity contribution in [3.05, 3.63) is 40.6 Å². The van der Waals surface area contributed by atoms with Gasteiger partial charge in [-0.3, -0.25) is 10.1 Å². The van der Waals surface area contributed by atoms with Crippen LogP contribution in [-0.2, 0) is 0 Å². The number of benzene rings is 1. The summed E-state index contributed by atoms with van der Waals surface area (Å²) in [6.07, 6.45) is 1.42. The molecule has 8 heteroatoms. The number of ether oxygens (including phenoxy) is 2. The highest BCUT2D eigenvalue weighted by atomic mass is 16.6. The van der Waals surface area contributed by atoms with Gasteiger partial charge >= 0.3 is 6.01 Å². The van der Waals surface area contributed by atoms with Crippen LogP contribution < -0.4 is 15.2 Å². The average molecular weight is 262 g/mol. The molecule has 1 aromatic carbocycles. The Kier molecular flexibility index (Phi) is 3.42. The van der Waals surface area contributed by atoms with Crippen molar-refractivity contribution < 1.29 is 14.4 Å². The van der Waals surface area contributed by atoms with Crippen LogP contribution in [0.4, 0.5) is 11.5 Å². The predicted octanol–water partition coefficient (Wildman–Crippen LogP) is 1.77. The Morgan fingerprint density at radius 2 is 2.11 bits per heavy atom. The molecule has 0 aliphatic rings. The van der Waals surface area contributed by atoms with Gasteiger partial charge in [0.15, 0.2) is 11.5 Å². The summed E-state index contributed by atoms with van der Waals surface area (Å²) in [6.45, 7) is 0. The third kappa shape index (κ3) is 2.86. The maximum absolute atomic E-state index is 10.7. The highest BCUT2D eigenvalue weighted by Crippen LogP contribution is 2.33. The van der Waals surface area contributed by atoms with Gasteiger partial charge in [-0.1, -0.05) is 0 Å². The van der Waals surface area contributed by atoms with Crippen molar-refractivity contribution in [1.82, 2.24) is 9.97 Å². The zero-order chi connectivity index (χ0) is 13.8. The molecule has 2 aromatic rings. The van der Waals surface area contributed by atoms with Crippen LogP contribution in [0.5, 0.6) is 17.5 Å². The number of aromatic nitrogens is 2. The fourth-order valence-corrected chi connectivity index (χ4v) is 1.36. The van der Waals surface area contributed by atoms with Crippen molar-refractivity contribution in [1.29, 1.82) is 0 Å². The Bertz CT molecular complexity index is 617. The average Bonchev–Trinajstić information content (AvgIpc) is 2.38. The number of anilines is 1. The molecule has 19 heavy (non-hydrogen) atoms. The molecular weight excluding hydrogens is 252 g/mol. The van der Waals surface area contributed by atoms with E-state index in [1.165, 1.54) is 37.6 Å². The molecule has 0 saturated carbocycles. The smallest absolute Gasteiger partial charge is 0.324 e. The molecular formula is C11H10N4O4. The second-order valence-electron chi connectivity index (χ2n) is 3.46. The van der Waals surface area contributed by atoms with Gasteiger partial charge in [-0.15, -0.1) is 0 Å². The quantitative estimate of drug-likeness (QED) is 0.659. The number of nitrogens with two attached hydrogens (primary N) is 1. The van der Waals surface area contributed by atoms with E-state index in [0.29, 0.717) is 5.75 Å². The van der Waals surface area contributed by atoms with Crippen molar-refractivity contribution in [2.45, 2.75) is 0 Å². The van der Waals surface area contributed by atoms with Crippen molar-refractivity contribution in [2.24, 2.45) is 0 Å². The van der Waals surface area contributed by atoms with Crippen LogP contribution in [0.3, 0.4) is 0 Å². The van der Waals surface area contributed by atoms with Crippen molar-refractivity contribution in [2.75, 3.05) is 12.8 Å². The number of nitro groups is 1. The molecule has 0 aliphatic carbocycles. The molecule has 2 rings (SSSR count). The maximum atomic E-state index is 10.7. The summed E-state index contributed by atoms with van der Waals surface area (Å²) in [5, 5.41) is 10.7. The monoisotopic (exact) mass is 262 g/mol. The standard InChI is InChI=1S/C11H10N4O4/c1-18-8-3-2-7(15(16)17)6-9(8)19-11-13-5-4-10(12)14-11/h2-6H,1H3,(H2,12,13,14). The lowest BCUT2D eigenvalue weighted by atomic mass is 10.3. The minimum atomic E-state index is -0.535. The number of methoxy groups -OCH3 is 1. The van der Waals surface area contributed by atoms with Crippen LogP contribution in [0.2, 0.25) is 0 Å². The molecule has 2 N–H and O–H groups in total. The predicted molar refractivity (Wildman–Crippen MR) is 66.2 cm³/mol. The molecule has 0 atom stereocenters. The first-order valence-corrected chi connectivity index (χ1v) is 5.19. The number of rotatable bonds is 4. The van der Waals surface area contributed by atoms with E-state index >= 15 is 0 Å². The number of hydrogen-bond acceptors (Lipinski definition) is 7. The van der Waals surface area contributed by atoms with E-state index < -0.39 is 4.92 Å². The molecule has 0 fully saturated rings. The molecule has 1 heterocycles. The third-order valence-electron chi connectivity index (χ3n) is 2.21. The second-order valence-corrected chi connectivity index (χ2v) is 3.46. The minimum absolute atomic E-state index is 0.0150. The van der Waals surface area contributed by atoms with E-state index in [-0.39, 0.29) is 23.3 Å². The SMILES string of the molecule is COc1ccc([N+](=O)[O-])cc1Oc1nccc(N)n1. The van der Waals surface area contributed by atoms with Crippen LogP contribution in [0.25, 0.3) is 0 Å². The zero-order valence-electron chi connectivity index (χ0n) is 9.94. The van der Waals surface area contributed by atoms with E-state index in [2.05, 4.69) is 9.97 Å². The fraction of sp³-hybridized carbons (Fsp3) is 0.0909. The second kappa shape index (κ2) is 5.17. The summed E-state index contributed by atoms with van der Waals surface area (Å²) in [6, 6.07) is 5.45. The molecule has 0 saturated heterocycles. The van der Waals surface area contributed by atoms with Crippen LogP contribution in [0, 0.1) is 10.1 Å². The molecule has 0 spiro atoms. The van der Waals surface area contributed by atoms with E-state index in [1.807, 2.05) is 0 Å². The van der Waals surface area contributed by atoms with Crippen LogP contribution in [0.1, 0.15) is 0 Å². The van der Waals surface area contributed by atoms with Gasteiger partial charge in [0.05, 0.1) is 18.1 Å². The summed E-state index contributed by atoms with van der Waals surface area (Å²) in [5.74, 6) is 0.702. The molecule has 0 amide bonds. The summed E-state index contributed by atoms with van der Waals surface area (Å²) >= 11 is 0. The van der Waals surface area contributed by atoms with E-state index in [0.717, 1.165) is 0 Å². The van der Waals surface area contributed by atoms with Gasteiger partial charge in [-0.2, -0.15) is 4.98 Å². The van der Waals surface area contributed by atoms with E-state index in [1.54, 1.807) is 0 Å². The van der Waals surface area contributed by atoms with E-state index in [9.17, 15) is 10.1 Å². The third-order valence-corrected chi connectivity index (χ3v) is 2.21. The lowest BCUT2D eigenvalue weighted by molar-refractivity contribution is -0.384. The Balaban J connectivity index is 2.37. The lowest BCUT2D eigenvalue weighted by Crippen LogP contribution is -1.98. The number of non-ortho nitro benzene ring substituents is 1. The van der Waals surface area contributed by atoms with Gasteiger partial charge in [0.2, 0.25) is 0 Å². The Hall–Kier alpha value is -2.90. The molecule has 8 nitrogen and oxygen atoms in total. The van der Waals surface area contributed by atoms with E-state index in [4.69, 9.17) is 15.2 Å². The van der Waals surface area contributed by atoms with Crippen LogP contribution >= 0.6 is 0 Å². The fourth-order valence-electron chi connectivity index (χ4n) is 1.36. The van der Waals surface area contributed by atoms with Crippen LogP contribution in [0.15, 0.2) is 30.5 Å². The van der Waals surface area contributed by atoms with Crippen molar-refractivity contribution >= 4 is 11.5 Å². The molecule has 0 aliphatic heterocycles.